The van der Waals surface area contributed by atoms with E-state index in [4.69, 9.17) is 17.0 Å². The zero-order valence-electron chi connectivity index (χ0n) is 17.7. The molecule has 3 N–H and O–H groups in total. The Balaban J connectivity index is 1.45. The van der Waals surface area contributed by atoms with E-state index in [1.807, 2.05) is 61.5 Å². The maximum atomic E-state index is 12.3. The Morgan fingerprint density at radius 2 is 1.91 bits per heavy atom. The fourth-order valence-corrected chi connectivity index (χ4v) is 3.71. The van der Waals surface area contributed by atoms with Crippen LogP contribution in [0.5, 0.6) is 5.75 Å². The number of amides is 1. The quantitative estimate of drug-likeness (QED) is 0.285. The van der Waals surface area contributed by atoms with Gasteiger partial charge in [0.05, 0.1) is 6.54 Å². The van der Waals surface area contributed by atoms with Gasteiger partial charge >= 0.3 is 0 Å². The van der Waals surface area contributed by atoms with Crippen LogP contribution in [0.1, 0.15) is 11.1 Å². The van der Waals surface area contributed by atoms with Crippen molar-refractivity contribution >= 4 is 39.7 Å². The predicted molar refractivity (Wildman–Crippen MR) is 133 cm³/mol. The number of anilines is 1. The van der Waals surface area contributed by atoms with Crippen molar-refractivity contribution in [3.05, 3.63) is 87.4 Å². The molecule has 0 atom stereocenters. The number of ether oxygens (including phenoxy) is 1. The molecule has 33 heavy (non-hydrogen) atoms. The van der Waals surface area contributed by atoms with E-state index in [0.717, 1.165) is 26.9 Å². The largest absolute Gasteiger partial charge is 0.483 e. The number of nitrogens with one attached hydrogen (secondary N) is 3. The first-order chi connectivity index (χ1) is 16.0. The smallest absolute Gasteiger partial charge is 0.262 e. The van der Waals surface area contributed by atoms with Crippen LogP contribution in [0, 0.1) is 11.7 Å². The molecule has 2 aromatic carbocycles. The van der Waals surface area contributed by atoms with Gasteiger partial charge in [0.2, 0.25) is 4.77 Å². The first-order valence-electron chi connectivity index (χ1n) is 10.1. The van der Waals surface area contributed by atoms with Crippen LogP contribution in [0.4, 0.5) is 5.69 Å². The van der Waals surface area contributed by atoms with Crippen molar-refractivity contribution in [1.29, 1.82) is 0 Å². The molecule has 1 amide bonds. The van der Waals surface area contributed by atoms with Crippen LogP contribution in [-0.2, 0) is 11.3 Å². The number of H-pyrrole nitrogens is 1. The summed E-state index contributed by atoms with van der Waals surface area (Å²) in [6.07, 6.45) is 3.39. The number of pyridine rings is 1. The van der Waals surface area contributed by atoms with Crippen molar-refractivity contribution < 1.29 is 9.53 Å². The molecule has 0 bridgehead atoms. The third-order valence-electron chi connectivity index (χ3n) is 4.76. The number of rotatable bonds is 8. The second-order valence-electron chi connectivity index (χ2n) is 7.21. The van der Waals surface area contributed by atoms with E-state index in [9.17, 15) is 4.79 Å². The molecule has 10 heteroatoms. The number of nitrogens with zero attached hydrogens (tertiary/aromatic N) is 3. The van der Waals surface area contributed by atoms with Gasteiger partial charge in [-0.05, 0) is 61.6 Å². The molecular weight excluding hydrogens is 504 g/mol. The average molecular weight is 525 g/mol. The summed E-state index contributed by atoms with van der Waals surface area (Å²) in [4.78, 5) is 16.4. The van der Waals surface area contributed by atoms with E-state index in [0.29, 0.717) is 22.9 Å². The highest BCUT2D eigenvalue weighted by atomic mass is 79.9. The first-order valence-corrected chi connectivity index (χ1v) is 11.3. The number of carbonyl (C=O) groups is 1. The monoisotopic (exact) mass is 524 g/mol. The summed E-state index contributed by atoms with van der Waals surface area (Å²) >= 11 is 8.87. The Morgan fingerprint density at radius 1 is 1.15 bits per heavy atom. The molecule has 0 aliphatic carbocycles. The van der Waals surface area contributed by atoms with Gasteiger partial charge in [-0.2, -0.15) is 5.10 Å². The minimum Gasteiger partial charge on any atom is -0.483 e. The SMILES string of the molecule is Cc1ccc(NC(=O)COc2ccc(Br)cc2CNn2c(-c3ccncc3)n[nH]c2=S)cc1. The minimum atomic E-state index is -0.238. The van der Waals surface area contributed by atoms with E-state index < -0.39 is 0 Å². The Labute approximate surface area is 204 Å². The second kappa shape index (κ2) is 10.4. The van der Waals surface area contributed by atoms with Crippen molar-refractivity contribution in [2.45, 2.75) is 13.5 Å². The Morgan fingerprint density at radius 3 is 2.67 bits per heavy atom. The van der Waals surface area contributed by atoms with Gasteiger partial charge in [-0.25, -0.2) is 9.77 Å². The Hall–Kier alpha value is -3.50. The molecular formula is C23H21BrN6O2S. The van der Waals surface area contributed by atoms with Crippen LogP contribution in [0.3, 0.4) is 0 Å². The lowest BCUT2D eigenvalue weighted by Gasteiger charge is -2.15. The predicted octanol–water partition coefficient (Wildman–Crippen LogP) is 4.83. The summed E-state index contributed by atoms with van der Waals surface area (Å²) in [6.45, 7) is 2.27. The number of aryl methyl sites for hydroxylation is 1. The molecule has 8 nitrogen and oxygen atoms in total. The normalized spacial score (nSPS) is 10.6. The highest BCUT2D eigenvalue weighted by Crippen LogP contribution is 2.24. The second-order valence-corrected chi connectivity index (χ2v) is 8.52. The third kappa shape index (κ3) is 5.85. The zero-order valence-corrected chi connectivity index (χ0v) is 20.1. The van der Waals surface area contributed by atoms with Crippen LogP contribution in [-0.4, -0.2) is 32.4 Å². The number of halogens is 1. The van der Waals surface area contributed by atoms with Gasteiger partial charge in [0.1, 0.15) is 5.75 Å². The fourth-order valence-electron chi connectivity index (χ4n) is 3.11. The van der Waals surface area contributed by atoms with E-state index in [2.05, 4.69) is 41.9 Å². The van der Waals surface area contributed by atoms with Gasteiger partial charge < -0.3 is 15.5 Å². The molecule has 0 radical (unpaired) electrons. The molecule has 0 aliphatic rings. The number of hydrogen-bond acceptors (Lipinski definition) is 6. The number of aromatic amines is 1. The lowest BCUT2D eigenvalue weighted by Crippen LogP contribution is -2.21. The van der Waals surface area contributed by atoms with E-state index in [-0.39, 0.29) is 12.5 Å². The lowest BCUT2D eigenvalue weighted by molar-refractivity contribution is -0.118. The molecule has 0 spiro atoms. The van der Waals surface area contributed by atoms with Gasteiger partial charge in [-0.3, -0.25) is 9.78 Å². The van der Waals surface area contributed by atoms with Gasteiger partial charge in [0, 0.05) is 33.7 Å². The van der Waals surface area contributed by atoms with Crippen molar-refractivity contribution in [3.63, 3.8) is 0 Å². The highest BCUT2D eigenvalue weighted by molar-refractivity contribution is 9.10. The molecule has 0 unspecified atom stereocenters. The van der Waals surface area contributed by atoms with E-state index >= 15 is 0 Å². The van der Waals surface area contributed by atoms with Crippen molar-refractivity contribution in [2.24, 2.45) is 0 Å². The summed E-state index contributed by atoms with van der Waals surface area (Å²) in [6, 6.07) is 16.9. The molecule has 2 aromatic heterocycles. The molecule has 4 aromatic rings. The van der Waals surface area contributed by atoms with Gasteiger partial charge in [0.15, 0.2) is 12.4 Å². The maximum absolute atomic E-state index is 12.3. The number of aromatic nitrogens is 4. The number of hydrogen-bond donors (Lipinski definition) is 3. The van der Waals surface area contributed by atoms with Gasteiger partial charge in [-0.15, -0.1) is 0 Å². The molecule has 168 valence electrons. The standard InChI is InChI=1S/C23H21BrN6O2S/c1-15-2-5-19(6-3-15)27-21(31)14-32-20-7-4-18(24)12-17(20)13-26-30-22(28-29-23(30)33)16-8-10-25-11-9-16/h2-12,26H,13-14H2,1H3,(H,27,31)(H,29,33). The highest BCUT2D eigenvalue weighted by Gasteiger charge is 2.12. The van der Waals surface area contributed by atoms with Crippen molar-refractivity contribution in [1.82, 2.24) is 19.9 Å². The molecule has 0 saturated carbocycles. The number of carbonyl (C=O) groups excluding carboxylic acids is 1. The molecule has 0 saturated heterocycles. The van der Waals surface area contributed by atoms with Crippen molar-refractivity contribution in [3.8, 4) is 17.1 Å². The fraction of sp³-hybridized carbons (Fsp3) is 0.130. The summed E-state index contributed by atoms with van der Waals surface area (Å²) in [7, 11) is 0. The summed E-state index contributed by atoms with van der Waals surface area (Å²) in [5, 5.41) is 9.94. The molecule has 0 aliphatic heterocycles. The van der Waals surface area contributed by atoms with Crippen LogP contribution in [0.25, 0.3) is 11.4 Å². The van der Waals surface area contributed by atoms with Crippen LogP contribution in [0.15, 0.2) is 71.5 Å². The first kappa shape index (κ1) is 22.7. The van der Waals surface area contributed by atoms with Crippen LogP contribution >= 0.6 is 28.1 Å². The number of benzene rings is 2. The topological polar surface area (TPSA) is 96.9 Å². The van der Waals surface area contributed by atoms with Gasteiger partial charge in [-0.1, -0.05) is 33.6 Å². The molecule has 4 rings (SSSR count). The van der Waals surface area contributed by atoms with Crippen LogP contribution < -0.4 is 15.5 Å². The Bertz CT molecular complexity index is 1300. The van der Waals surface area contributed by atoms with E-state index in [1.165, 1.54) is 0 Å². The zero-order chi connectivity index (χ0) is 23.2. The molecule has 0 fully saturated rings. The average Bonchev–Trinajstić information content (AvgIpc) is 3.19. The minimum absolute atomic E-state index is 0.115. The van der Waals surface area contributed by atoms with E-state index in [1.54, 1.807) is 17.1 Å². The van der Waals surface area contributed by atoms with Gasteiger partial charge in [0.25, 0.3) is 5.91 Å². The molecule has 2 heterocycles. The summed E-state index contributed by atoms with van der Waals surface area (Å²) in [5.41, 5.74) is 6.83. The summed E-state index contributed by atoms with van der Waals surface area (Å²) in [5.74, 6) is 0.986. The lowest BCUT2D eigenvalue weighted by atomic mass is 10.2. The Kier molecular flexibility index (Phi) is 7.16. The maximum Gasteiger partial charge on any atom is 0.262 e. The third-order valence-corrected chi connectivity index (χ3v) is 5.52. The summed E-state index contributed by atoms with van der Waals surface area (Å²) < 4.78 is 8.84. The van der Waals surface area contributed by atoms with Crippen molar-refractivity contribution in [2.75, 3.05) is 17.3 Å². The van der Waals surface area contributed by atoms with Crippen LogP contribution in [0.2, 0.25) is 0 Å².